The van der Waals surface area contributed by atoms with Crippen LogP contribution in [0.1, 0.15) is 38.1 Å². The highest BCUT2D eigenvalue weighted by atomic mass is 16.2. The molecule has 1 atom stereocenters. The molecule has 1 aliphatic heterocycles. The first-order valence-corrected chi connectivity index (χ1v) is 7.49. The molecule has 0 bridgehead atoms. The second-order valence-corrected chi connectivity index (χ2v) is 6.01. The summed E-state index contributed by atoms with van der Waals surface area (Å²) >= 11 is 0. The van der Waals surface area contributed by atoms with Gasteiger partial charge < -0.3 is 9.47 Å². The van der Waals surface area contributed by atoms with Crippen molar-refractivity contribution in [2.75, 3.05) is 4.90 Å². The Hall–Kier alpha value is -2.10. The Morgan fingerprint density at radius 2 is 2.14 bits per heavy atom. The molecule has 0 aliphatic carbocycles. The van der Waals surface area contributed by atoms with Crippen molar-refractivity contribution in [1.29, 1.82) is 0 Å². The van der Waals surface area contributed by atoms with Gasteiger partial charge in [0.2, 0.25) is 5.91 Å². The number of para-hydroxylation sites is 1. The molecule has 4 heteroatoms. The number of hydrogen-bond acceptors (Lipinski definition) is 2. The maximum atomic E-state index is 12.7. The molecule has 0 saturated heterocycles. The number of amides is 1. The molecule has 0 saturated carbocycles. The van der Waals surface area contributed by atoms with Crippen molar-refractivity contribution in [3.05, 3.63) is 48.0 Å². The zero-order chi connectivity index (χ0) is 15.0. The van der Waals surface area contributed by atoms with Gasteiger partial charge in [0.15, 0.2) is 0 Å². The molecule has 4 nitrogen and oxygen atoms in total. The lowest BCUT2D eigenvalue weighted by atomic mass is 10.1. The monoisotopic (exact) mass is 283 g/mol. The topological polar surface area (TPSA) is 38.1 Å². The van der Waals surface area contributed by atoms with E-state index in [1.54, 1.807) is 6.20 Å². The van der Waals surface area contributed by atoms with Crippen LogP contribution in [0.5, 0.6) is 0 Å². The average molecular weight is 283 g/mol. The van der Waals surface area contributed by atoms with Gasteiger partial charge in [0.1, 0.15) is 12.4 Å². The normalized spacial score (nSPS) is 17.3. The molecular weight excluding hydrogens is 262 g/mol. The van der Waals surface area contributed by atoms with Gasteiger partial charge in [-0.1, -0.05) is 32.0 Å². The summed E-state index contributed by atoms with van der Waals surface area (Å²) in [7, 11) is 0. The second kappa shape index (κ2) is 5.35. The Labute approximate surface area is 125 Å². The third kappa shape index (κ3) is 2.46. The Balaban J connectivity index is 1.84. The minimum absolute atomic E-state index is 0.132. The van der Waals surface area contributed by atoms with Crippen LogP contribution in [0.15, 0.2) is 36.7 Å². The van der Waals surface area contributed by atoms with Crippen LogP contribution < -0.4 is 4.90 Å². The van der Waals surface area contributed by atoms with Crippen LogP contribution in [0, 0.1) is 0 Å². The summed E-state index contributed by atoms with van der Waals surface area (Å²) in [4.78, 5) is 19.0. The third-order valence-corrected chi connectivity index (χ3v) is 4.05. The molecule has 0 spiro atoms. The molecule has 2 heterocycles. The van der Waals surface area contributed by atoms with E-state index in [1.807, 2.05) is 33.9 Å². The SMILES string of the molecule is CC(C)c1nccn1CC(=O)N1c2ccccc2C[C@H]1C. The highest BCUT2D eigenvalue weighted by Gasteiger charge is 2.30. The van der Waals surface area contributed by atoms with Gasteiger partial charge in [0.05, 0.1) is 0 Å². The van der Waals surface area contributed by atoms with Crippen molar-refractivity contribution in [3.8, 4) is 0 Å². The van der Waals surface area contributed by atoms with Crippen LogP contribution in [0.3, 0.4) is 0 Å². The summed E-state index contributed by atoms with van der Waals surface area (Å²) in [5.41, 5.74) is 2.31. The van der Waals surface area contributed by atoms with E-state index < -0.39 is 0 Å². The van der Waals surface area contributed by atoms with E-state index in [0.717, 1.165) is 17.9 Å². The van der Waals surface area contributed by atoms with Gasteiger partial charge in [-0.15, -0.1) is 0 Å². The van der Waals surface area contributed by atoms with Crippen LogP contribution in [0.4, 0.5) is 5.69 Å². The minimum Gasteiger partial charge on any atom is -0.325 e. The highest BCUT2D eigenvalue weighted by Crippen LogP contribution is 2.32. The first-order valence-electron chi connectivity index (χ1n) is 7.49. The third-order valence-electron chi connectivity index (χ3n) is 4.05. The first kappa shape index (κ1) is 13.9. The predicted octanol–water partition coefficient (Wildman–Crippen LogP) is 2.98. The average Bonchev–Trinajstić information content (AvgIpc) is 3.01. The molecule has 1 aromatic carbocycles. The number of nitrogens with zero attached hydrogens (tertiary/aromatic N) is 3. The zero-order valence-corrected chi connectivity index (χ0v) is 12.8. The standard InChI is InChI=1S/C17H21N3O/c1-12(2)17-18-8-9-19(17)11-16(21)20-13(3)10-14-6-4-5-7-15(14)20/h4-9,12-13H,10-11H2,1-3H3/t13-/m1/s1. The second-order valence-electron chi connectivity index (χ2n) is 6.01. The largest absolute Gasteiger partial charge is 0.325 e. The van der Waals surface area contributed by atoms with Crippen molar-refractivity contribution in [3.63, 3.8) is 0 Å². The lowest BCUT2D eigenvalue weighted by Gasteiger charge is -2.23. The highest BCUT2D eigenvalue weighted by molar-refractivity contribution is 5.96. The van der Waals surface area contributed by atoms with Crippen molar-refractivity contribution >= 4 is 11.6 Å². The first-order chi connectivity index (χ1) is 10.1. The fourth-order valence-electron chi connectivity index (χ4n) is 3.12. The summed E-state index contributed by atoms with van der Waals surface area (Å²) in [5, 5.41) is 0. The van der Waals surface area contributed by atoms with Gasteiger partial charge in [-0.2, -0.15) is 0 Å². The van der Waals surface area contributed by atoms with Crippen LogP contribution in [-0.2, 0) is 17.8 Å². The summed E-state index contributed by atoms with van der Waals surface area (Å²) in [6.45, 7) is 6.65. The van der Waals surface area contributed by atoms with Crippen LogP contribution in [0.25, 0.3) is 0 Å². The van der Waals surface area contributed by atoms with E-state index in [4.69, 9.17) is 0 Å². The quantitative estimate of drug-likeness (QED) is 0.868. The molecule has 0 N–H and O–H groups in total. The number of carbonyl (C=O) groups is 1. The van der Waals surface area contributed by atoms with Gasteiger partial charge in [-0.3, -0.25) is 4.79 Å². The van der Waals surface area contributed by atoms with Gasteiger partial charge in [0.25, 0.3) is 0 Å². The fraction of sp³-hybridized carbons (Fsp3) is 0.412. The molecule has 1 aliphatic rings. The molecule has 110 valence electrons. The van der Waals surface area contributed by atoms with Gasteiger partial charge >= 0.3 is 0 Å². The lowest BCUT2D eigenvalue weighted by molar-refractivity contribution is -0.119. The molecule has 21 heavy (non-hydrogen) atoms. The van der Waals surface area contributed by atoms with Crippen molar-refractivity contribution in [1.82, 2.24) is 9.55 Å². The van der Waals surface area contributed by atoms with Gasteiger partial charge in [0, 0.05) is 30.0 Å². The molecule has 1 amide bonds. The van der Waals surface area contributed by atoms with Crippen LogP contribution in [-0.4, -0.2) is 21.5 Å². The summed E-state index contributed by atoms with van der Waals surface area (Å²) in [6.07, 6.45) is 4.59. The summed E-state index contributed by atoms with van der Waals surface area (Å²) in [6, 6.07) is 8.39. The number of fused-ring (bicyclic) bond motifs is 1. The van der Waals surface area contributed by atoms with E-state index in [2.05, 4.69) is 31.8 Å². The van der Waals surface area contributed by atoms with E-state index >= 15 is 0 Å². The number of imidazole rings is 1. The number of carbonyl (C=O) groups excluding carboxylic acids is 1. The lowest BCUT2D eigenvalue weighted by Crippen LogP contribution is -2.38. The van der Waals surface area contributed by atoms with E-state index in [-0.39, 0.29) is 11.9 Å². The Kier molecular flexibility index (Phi) is 3.53. The van der Waals surface area contributed by atoms with Gasteiger partial charge in [-0.25, -0.2) is 4.98 Å². The Bertz CT molecular complexity index is 660. The summed E-state index contributed by atoms with van der Waals surface area (Å²) in [5.74, 6) is 1.41. The van der Waals surface area contributed by atoms with Crippen molar-refractivity contribution < 1.29 is 4.79 Å². The predicted molar refractivity (Wildman–Crippen MR) is 83.4 cm³/mol. The Morgan fingerprint density at radius 1 is 1.38 bits per heavy atom. The number of aromatic nitrogens is 2. The number of rotatable bonds is 3. The molecule has 3 rings (SSSR count). The minimum atomic E-state index is 0.132. The summed E-state index contributed by atoms with van der Waals surface area (Å²) < 4.78 is 1.96. The van der Waals surface area contributed by atoms with E-state index in [1.165, 1.54) is 5.56 Å². The maximum absolute atomic E-state index is 12.7. The van der Waals surface area contributed by atoms with E-state index in [0.29, 0.717) is 12.5 Å². The van der Waals surface area contributed by atoms with Crippen LogP contribution in [0.2, 0.25) is 0 Å². The number of hydrogen-bond donors (Lipinski definition) is 0. The fourth-order valence-corrected chi connectivity index (χ4v) is 3.12. The molecule has 2 aromatic rings. The van der Waals surface area contributed by atoms with E-state index in [9.17, 15) is 4.79 Å². The molecule has 0 unspecified atom stereocenters. The molecule has 0 radical (unpaired) electrons. The number of anilines is 1. The molecular formula is C17H21N3O. The maximum Gasteiger partial charge on any atom is 0.247 e. The smallest absolute Gasteiger partial charge is 0.247 e. The Morgan fingerprint density at radius 3 is 2.90 bits per heavy atom. The van der Waals surface area contributed by atoms with Crippen molar-refractivity contribution in [2.24, 2.45) is 0 Å². The number of benzene rings is 1. The zero-order valence-electron chi connectivity index (χ0n) is 12.8. The molecule has 0 fully saturated rings. The van der Waals surface area contributed by atoms with Crippen molar-refractivity contribution in [2.45, 2.75) is 45.7 Å². The van der Waals surface area contributed by atoms with Crippen LogP contribution >= 0.6 is 0 Å². The molecule has 1 aromatic heterocycles. The van der Waals surface area contributed by atoms with Gasteiger partial charge in [-0.05, 0) is 25.0 Å².